The van der Waals surface area contributed by atoms with Gasteiger partial charge in [-0.1, -0.05) is 11.6 Å². The third-order valence-electron chi connectivity index (χ3n) is 6.48. The number of anilines is 3. The second-order valence-electron chi connectivity index (χ2n) is 8.80. The molecule has 3 unspecified atom stereocenters. The van der Waals surface area contributed by atoms with Crippen LogP contribution in [-0.2, 0) is 15.8 Å². The van der Waals surface area contributed by atoms with Crippen molar-refractivity contribution in [2.75, 3.05) is 35.6 Å². The molecule has 0 aliphatic carbocycles. The van der Waals surface area contributed by atoms with Gasteiger partial charge >= 0.3 is 6.18 Å². The van der Waals surface area contributed by atoms with Gasteiger partial charge in [0.1, 0.15) is 12.4 Å². The molecule has 1 aromatic heterocycles. The summed E-state index contributed by atoms with van der Waals surface area (Å²) in [6, 6.07) is 1.44. The van der Waals surface area contributed by atoms with Gasteiger partial charge in [-0.15, -0.1) is 0 Å². The number of rotatable bonds is 5. The molecule has 0 spiro atoms. The highest BCUT2D eigenvalue weighted by molar-refractivity contribution is 6.31. The van der Waals surface area contributed by atoms with Crippen molar-refractivity contribution >= 4 is 40.7 Å². The lowest BCUT2D eigenvalue weighted by Gasteiger charge is -2.46. The molecule has 5 N–H and O–H groups in total. The van der Waals surface area contributed by atoms with Crippen molar-refractivity contribution in [1.29, 1.82) is 0 Å². The lowest BCUT2D eigenvalue weighted by Crippen LogP contribution is -2.61. The molecule has 1 aromatic carbocycles. The number of primary amides is 1. The van der Waals surface area contributed by atoms with E-state index in [1.54, 1.807) is 4.90 Å². The second-order valence-corrected chi connectivity index (χ2v) is 9.24. The quantitative estimate of drug-likeness (QED) is 0.508. The number of likely N-dealkylation sites (tertiary alicyclic amines) is 1. The van der Waals surface area contributed by atoms with Crippen LogP contribution < -0.4 is 21.7 Å². The number of nitrogens with two attached hydrogens (primary N) is 2. The van der Waals surface area contributed by atoms with Gasteiger partial charge < -0.3 is 26.6 Å². The molecular weight excluding hydrogens is 506 g/mol. The molecule has 0 radical (unpaired) electrons. The van der Waals surface area contributed by atoms with Gasteiger partial charge in [-0.3, -0.25) is 9.59 Å². The Labute approximate surface area is 208 Å². The highest BCUT2D eigenvalue weighted by Gasteiger charge is 2.43. The maximum absolute atomic E-state index is 14.6. The number of halogens is 5. The average molecular weight is 530 g/mol. The predicted molar refractivity (Wildman–Crippen MR) is 125 cm³/mol. The van der Waals surface area contributed by atoms with Gasteiger partial charge in [0.05, 0.1) is 17.5 Å². The molecule has 36 heavy (non-hydrogen) atoms. The topological polar surface area (TPSA) is 130 Å². The largest absolute Gasteiger partial charge is 0.416 e. The van der Waals surface area contributed by atoms with Crippen LogP contribution in [0.3, 0.4) is 0 Å². The Morgan fingerprint density at radius 1 is 1.17 bits per heavy atom. The van der Waals surface area contributed by atoms with Gasteiger partial charge in [0.25, 0.3) is 0 Å². The van der Waals surface area contributed by atoms with Crippen LogP contribution in [0.4, 0.5) is 34.9 Å². The molecule has 2 aliphatic heterocycles. The molecule has 9 nitrogen and oxygen atoms in total. The van der Waals surface area contributed by atoms with E-state index in [0.717, 1.165) is 18.5 Å². The molecule has 0 saturated carbocycles. The average Bonchev–Trinajstić information content (AvgIpc) is 2.81. The van der Waals surface area contributed by atoms with Gasteiger partial charge in [-0.2, -0.15) is 17.6 Å². The molecule has 4 rings (SSSR count). The summed E-state index contributed by atoms with van der Waals surface area (Å²) in [6.07, 6.45) is -2.36. The Hall–Kier alpha value is -3.35. The number of hydrogen-bond acceptors (Lipinski definition) is 7. The number of nitrogens with zero attached hydrogens (tertiary/aromatic N) is 4. The van der Waals surface area contributed by atoms with Crippen LogP contribution in [0.5, 0.6) is 0 Å². The fraction of sp³-hybridized carbons (Fsp3) is 0.455. The zero-order chi connectivity index (χ0) is 26.2. The molecule has 3 heterocycles. The van der Waals surface area contributed by atoms with E-state index in [1.807, 2.05) is 0 Å². The first-order valence-electron chi connectivity index (χ1n) is 11.2. The third-order valence-corrected chi connectivity index (χ3v) is 6.70. The van der Waals surface area contributed by atoms with Crippen LogP contribution >= 0.6 is 11.6 Å². The fourth-order valence-electron chi connectivity index (χ4n) is 4.77. The number of benzene rings is 1. The van der Waals surface area contributed by atoms with Gasteiger partial charge in [0.15, 0.2) is 11.6 Å². The SMILES string of the molecule is NC(=O)C1CCN(c2ncnc(N)c2F)CC1N1CCCC(Nc2cc(Cl)cc(C(F)(F)F)c2)C1=O. The van der Waals surface area contributed by atoms with E-state index in [-0.39, 0.29) is 41.9 Å². The molecule has 14 heteroatoms. The Bertz CT molecular complexity index is 1170. The molecule has 3 atom stereocenters. The Balaban J connectivity index is 1.57. The van der Waals surface area contributed by atoms with Gasteiger partial charge in [0.2, 0.25) is 17.6 Å². The van der Waals surface area contributed by atoms with E-state index in [0.29, 0.717) is 19.4 Å². The lowest BCUT2D eigenvalue weighted by atomic mass is 9.87. The first-order chi connectivity index (χ1) is 17.0. The number of hydrogen-bond donors (Lipinski definition) is 3. The number of nitrogens with one attached hydrogen (secondary N) is 1. The molecule has 2 saturated heterocycles. The van der Waals surface area contributed by atoms with Crippen LogP contribution in [0.2, 0.25) is 5.02 Å². The van der Waals surface area contributed by atoms with E-state index in [1.165, 1.54) is 11.0 Å². The van der Waals surface area contributed by atoms with Crippen LogP contribution in [0.15, 0.2) is 24.5 Å². The molecule has 194 valence electrons. The lowest BCUT2D eigenvalue weighted by molar-refractivity contribution is -0.140. The molecule has 2 fully saturated rings. The minimum Gasteiger partial charge on any atom is -0.381 e. The zero-order valence-electron chi connectivity index (χ0n) is 18.9. The Kier molecular flexibility index (Phi) is 7.12. The first-order valence-corrected chi connectivity index (χ1v) is 11.6. The van der Waals surface area contributed by atoms with Crippen molar-refractivity contribution in [2.24, 2.45) is 11.7 Å². The normalized spacial score (nSPS) is 23.0. The number of alkyl halides is 3. The smallest absolute Gasteiger partial charge is 0.381 e. The summed E-state index contributed by atoms with van der Waals surface area (Å²) in [6.45, 7) is 0.621. The van der Waals surface area contributed by atoms with Crippen molar-refractivity contribution in [3.05, 3.63) is 40.9 Å². The summed E-state index contributed by atoms with van der Waals surface area (Å²) in [5, 5.41) is 2.72. The molecule has 0 bridgehead atoms. The van der Waals surface area contributed by atoms with E-state index in [4.69, 9.17) is 23.1 Å². The van der Waals surface area contributed by atoms with Crippen molar-refractivity contribution in [3.63, 3.8) is 0 Å². The highest BCUT2D eigenvalue weighted by Crippen LogP contribution is 2.35. The van der Waals surface area contributed by atoms with Crippen molar-refractivity contribution in [1.82, 2.24) is 14.9 Å². The fourth-order valence-corrected chi connectivity index (χ4v) is 5.00. The van der Waals surface area contributed by atoms with Crippen LogP contribution in [0.25, 0.3) is 0 Å². The van der Waals surface area contributed by atoms with Crippen molar-refractivity contribution < 1.29 is 27.2 Å². The van der Waals surface area contributed by atoms with E-state index < -0.39 is 47.4 Å². The summed E-state index contributed by atoms with van der Waals surface area (Å²) in [5.41, 5.74) is 10.3. The summed E-state index contributed by atoms with van der Waals surface area (Å²) in [5.74, 6) is -2.89. The number of piperidine rings is 2. The molecule has 2 aliphatic rings. The van der Waals surface area contributed by atoms with Gasteiger partial charge in [-0.25, -0.2) is 9.97 Å². The number of aromatic nitrogens is 2. The van der Waals surface area contributed by atoms with E-state index >= 15 is 0 Å². The van der Waals surface area contributed by atoms with E-state index in [2.05, 4.69) is 15.3 Å². The number of carbonyl (C=O) groups is 2. The number of nitrogen functional groups attached to an aromatic ring is 1. The summed E-state index contributed by atoms with van der Waals surface area (Å²) >= 11 is 5.87. The van der Waals surface area contributed by atoms with Gasteiger partial charge in [-0.05, 0) is 37.5 Å². The van der Waals surface area contributed by atoms with Crippen molar-refractivity contribution in [3.8, 4) is 0 Å². The summed E-state index contributed by atoms with van der Waals surface area (Å²) in [4.78, 5) is 36.3. The minimum atomic E-state index is -4.61. The van der Waals surface area contributed by atoms with Crippen LogP contribution in [-0.4, -0.2) is 58.4 Å². The monoisotopic (exact) mass is 529 g/mol. The zero-order valence-corrected chi connectivity index (χ0v) is 19.7. The second kappa shape index (κ2) is 9.96. The van der Waals surface area contributed by atoms with Crippen molar-refractivity contribution in [2.45, 2.75) is 37.5 Å². The number of carbonyl (C=O) groups excluding carboxylic acids is 2. The number of amides is 2. The molecule has 2 aromatic rings. The standard InChI is InChI=1S/C22H24ClF4N7O2/c23-12-6-11(22(25,26)27)7-13(8-12)32-15-2-1-4-34(21(15)36)16-9-33(5-3-14(16)19(29)35)20-17(24)18(28)30-10-31-20/h6-8,10,14-16,32H,1-5,9H2,(H2,29,35)(H2,28,30,31). The maximum Gasteiger partial charge on any atom is 0.416 e. The third kappa shape index (κ3) is 5.25. The Morgan fingerprint density at radius 3 is 2.61 bits per heavy atom. The van der Waals surface area contributed by atoms with Crippen LogP contribution in [0.1, 0.15) is 24.8 Å². The van der Waals surface area contributed by atoms with Gasteiger partial charge in [0, 0.05) is 30.3 Å². The highest BCUT2D eigenvalue weighted by atomic mass is 35.5. The summed E-state index contributed by atoms with van der Waals surface area (Å²) < 4.78 is 54.2. The molecular formula is C22H24ClF4N7O2. The Morgan fingerprint density at radius 2 is 1.92 bits per heavy atom. The maximum atomic E-state index is 14.6. The minimum absolute atomic E-state index is 0.0466. The predicted octanol–water partition coefficient (Wildman–Crippen LogP) is 2.65. The summed E-state index contributed by atoms with van der Waals surface area (Å²) in [7, 11) is 0. The van der Waals surface area contributed by atoms with Crippen LogP contribution in [0, 0.1) is 11.7 Å². The first kappa shape index (κ1) is 25.7. The molecule has 2 amide bonds. The van der Waals surface area contributed by atoms with E-state index in [9.17, 15) is 27.2 Å².